The van der Waals surface area contributed by atoms with Gasteiger partial charge in [-0.05, 0) is 42.3 Å². The molecule has 3 aromatic rings. The standard InChI is InChI=1S/C20H18BrN3O/c1-14-7-8-16(12-18(14)21)23-19-10-9-17(13-22-19)24-20(25)11-15-5-3-2-4-6-15/h2-10,12-13H,11H2,1H3,(H,22,23)(H,24,25). The van der Waals surface area contributed by atoms with Crippen LogP contribution in [0.25, 0.3) is 0 Å². The molecule has 1 aromatic heterocycles. The number of nitrogens with one attached hydrogen (secondary N) is 2. The van der Waals surface area contributed by atoms with E-state index >= 15 is 0 Å². The first-order valence-corrected chi connectivity index (χ1v) is 8.72. The Labute approximate surface area is 155 Å². The number of aryl methyl sites for hydroxylation is 1. The topological polar surface area (TPSA) is 54.0 Å². The molecule has 0 saturated heterocycles. The largest absolute Gasteiger partial charge is 0.340 e. The van der Waals surface area contributed by atoms with Gasteiger partial charge in [0.1, 0.15) is 5.82 Å². The van der Waals surface area contributed by atoms with Gasteiger partial charge in [0.25, 0.3) is 0 Å². The molecule has 0 atom stereocenters. The molecule has 126 valence electrons. The highest BCUT2D eigenvalue weighted by molar-refractivity contribution is 9.10. The number of rotatable bonds is 5. The Hall–Kier alpha value is -2.66. The molecule has 25 heavy (non-hydrogen) atoms. The summed E-state index contributed by atoms with van der Waals surface area (Å²) in [6, 6.07) is 19.4. The Morgan fingerprint density at radius 3 is 2.48 bits per heavy atom. The zero-order valence-electron chi connectivity index (χ0n) is 13.8. The van der Waals surface area contributed by atoms with Crippen LogP contribution in [0.1, 0.15) is 11.1 Å². The van der Waals surface area contributed by atoms with E-state index in [2.05, 4.69) is 31.5 Å². The molecule has 0 unspecified atom stereocenters. The molecular formula is C20H18BrN3O. The summed E-state index contributed by atoms with van der Waals surface area (Å²) in [7, 11) is 0. The molecule has 4 nitrogen and oxygen atoms in total. The number of benzene rings is 2. The van der Waals surface area contributed by atoms with Gasteiger partial charge in [-0.1, -0.05) is 52.3 Å². The normalized spacial score (nSPS) is 10.3. The second kappa shape index (κ2) is 7.94. The molecule has 2 aromatic carbocycles. The second-order valence-electron chi connectivity index (χ2n) is 5.73. The van der Waals surface area contributed by atoms with Crippen molar-refractivity contribution in [3.05, 3.63) is 82.5 Å². The summed E-state index contributed by atoms with van der Waals surface area (Å²) < 4.78 is 1.04. The maximum absolute atomic E-state index is 12.1. The van der Waals surface area contributed by atoms with Gasteiger partial charge in [-0.2, -0.15) is 0 Å². The molecule has 0 aliphatic carbocycles. The number of halogens is 1. The Balaban J connectivity index is 1.60. The first kappa shape index (κ1) is 17.2. The van der Waals surface area contributed by atoms with Crippen LogP contribution in [-0.2, 0) is 11.2 Å². The van der Waals surface area contributed by atoms with Gasteiger partial charge in [0.05, 0.1) is 18.3 Å². The molecule has 1 amide bonds. The Morgan fingerprint density at radius 2 is 1.80 bits per heavy atom. The third-order valence-electron chi connectivity index (χ3n) is 3.70. The summed E-state index contributed by atoms with van der Waals surface area (Å²) in [6.07, 6.45) is 1.99. The number of nitrogens with zero attached hydrogens (tertiary/aromatic N) is 1. The molecule has 5 heteroatoms. The summed E-state index contributed by atoms with van der Waals surface area (Å²) in [4.78, 5) is 16.4. The number of anilines is 3. The monoisotopic (exact) mass is 395 g/mol. The van der Waals surface area contributed by atoms with Crippen molar-refractivity contribution in [2.45, 2.75) is 13.3 Å². The van der Waals surface area contributed by atoms with Crippen molar-refractivity contribution in [3.63, 3.8) is 0 Å². The predicted octanol–water partition coefficient (Wildman–Crippen LogP) is 5.08. The molecule has 0 saturated carbocycles. The average Bonchev–Trinajstić information content (AvgIpc) is 2.61. The van der Waals surface area contributed by atoms with E-state index in [9.17, 15) is 4.79 Å². The highest BCUT2D eigenvalue weighted by atomic mass is 79.9. The van der Waals surface area contributed by atoms with E-state index in [1.54, 1.807) is 6.20 Å². The first-order chi connectivity index (χ1) is 12.1. The van der Waals surface area contributed by atoms with Gasteiger partial charge in [-0.3, -0.25) is 4.79 Å². The van der Waals surface area contributed by atoms with Crippen molar-refractivity contribution < 1.29 is 4.79 Å². The zero-order chi connectivity index (χ0) is 17.6. The van der Waals surface area contributed by atoms with E-state index in [0.29, 0.717) is 12.1 Å². The van der Waals surface area contributed by atoms with E-state index in [4.69, 9.17) is 0 Å². The molecule has 2 N–H and O–H groups in total. The van der Waals surface area contributed by atoms with Crippen LogP contribution in [0.3, 0.4) is 0 Å². The van der Waals surface area contributed by atoms with Crippen LogP contribution in [0.2, 0.25) is 0 Å². The van der Waals surface area contributed by atoms with Crippen molar-refractivity contribution in [3.8, 4) is 0 Å². The molecule has 0 spiro atoms. The van der Waals surface area contributed by atoms with Crippen molar-refractivity contribution in [1.82, 2.24) is 4.98 Å². The molecule has 0 aliphatic rings. The molecule has 0 radical (unpaired) electrons. The Kier molecular flexibility index (Phi) is 5.46. The number of pyridine rings is 1. The summed E-state index contributed by atoms with van der Waals surface area (Å²) in [6.45, 7) is 2.04. The highest BCUT2D eigenvalue weighted by Crippen LogP contribution is 2.23. The molecule has 0 fully saturated rings. The number of amides is 1. The molecule has 3 rings (SSSR count). The van der Waals surface area contributed by atoms with Crippen molar-refractivity contribution >= 4 is 39.0 Å². The SMILES string of the molecule is Cc1ccc(Nc2ccc(NC(=O)Cc3ccccc3)cn2)cc1Br. The van der Waals surface area contributed by atoms with Crippen LogP contribution in [0.15, 0.2) is 71.3 Å². The fourth-order valence-electron chi connectivity index (χ4n) is 2.35. The zero-order valence-corrected chi connectivity index (χ0v) is 15.4. The number of hydrogen-bond donors (Lipinski definition) is 2. The maximum atomic E-state index is 12.1. The third-order valence-corrected chi connectivity index (χ3v) is 4.55. The van der Waals surface area contributed by atoms with Crippen LogP contribution in [0.4, 0.5) is 17.2 Å². The minimum atomic E-state index is -0.0591. The van der Waals surface area contributed by atoms with Gasteiger partial charge in [0, 0.05) is 10.2 Å². The van der Waals surface area contributed by atoms with E-state index in [1.165, 1.54) is 5.56 Å². The predicted molar refractivity (Wildman–Crippen MR) is 105 cm³/mol. The quantitative estimate of drug-likeness (QED) is 0.633. The lowest BCUT2D eigenvalue weighted by Gasteiger charge is -2.09. The van der Waals surface area contributed by atoms with Crippen LogP contribution >= 0.6 is 15.9 Å². The Morgan fingerprint density at radius 1 is 1.04 bits per heavy atom. The lowest BCUT2D eigenvalue weighted by Crippen LogP contribution is -2.14. The number of carbonyl (C=O) groups is 1. The molecular weight excluding hydrogens is 378 g/mol. The lowest BCUT2D eigenvalue weighted by atomic mass is 10.1. The molecule has 0 bridgehead atoms. The molecule has 0 aliphatic heterocycles. The van der Waals surface area contributed by atoms with E-state index in [1.807, 2.05) is 67.6 Å². The smallest absolute Gasteiger partial charge is 0.228 e. The van der Waals surface area contributed by atoms with Gasteiger partial charge in [0.15, 0.2) is 0 Å². The van der Waals surface area contributed by atoms with Gasteiger partial charge in [0.2, 0.25) is 5.91 Å². The van der Waals surface area contributed by atoms with Crippen LogP contribution in [0.5, 0.6) is 0 Å². The average molecular weight is 396 g/mol. The lowest BCUT2D eigenvalue weighted by molar-refractivity contribution is -0.115. The van der Waals surface area contributed by atoms with E-state index in [0.717, 1.165) is 21.5 Å². The fourth-order valence-corrected chi connectivity index (χ4v) is 2.73. The third kappa shape index (κ3) is 4.90. The minimum absolute atomic E-state index is 0.0591. The van der Waals surface area contributed by atoms with Crippen molar-refractivity contribution in [2.75, 3.05) is 10.6 Å². The van der Waals surface area contributed by atoms with E-state index in [-0.39, 0.29) is 5.91 Å². The number of aromatic nitrogens is 1. The minimum Gasteiger partial charge on any atom is -0.340 e. The highest BCUT2D eigenvalue weighted by Gasteiger charge is 2.05. The molecule has 1 heterocycles. The van der Waals surface area contributed by atoms with Crippen LogP contribution < -0.4 is 10.6 Å². The van der Waals surface area contributed by atoms with E-state index < -0.39 is 0 Å². The Bertz CT molecular complexity index is 864. The maximum Gasteiger partial charge on any atom is 0.228 e. The van der Waals surface area contributed by atoms with Crippen molar-refractivity contribution in [2.24, 2.45) is 0 Å². The summed E-state index contributed by atoms with van der Waals surface area (Å²) in [5.41, 5.74) is 3.79. The van der Waals surface area contributed by atoms with Gasteiger partial charge < -0.3 is 10.6 Å². The number of hydrogen-bond acceptors (Lipinski definition) is 3. The first-order valence-electron chi connectivity index (χ1n) is 7.93. The fraction of sp³-hybridized carbons (Fsp3) is 0.100. The number of carbonyl (C=O) groups excluding carboxylic acids is 1. The van der Waals surface area contributed by atoms with Crippen LogP contribution in [-0.4, -0.2) is 10.9 Å². The van der Waals surface area contributed by atoms with Gasteiger partial charge >= 0.3 is 0 Å². The second-order valence-corrected chi connectivity index (χ2v) is 6.59. The van der Waals surface area contributed by atoms with Crippen LogP contribution in [0, 0.1) is 6.92 Å². The van der Waals surface area contributed by atoms with Gasteiger partial charge in [-0.25, -0.2) is 4.98 Å². The summed E-state index contributed by atoms with van der Waals surface area (Å²) >= 11 is 3.52. The van der Waals surface area contributed by atoms with Crippen molar-refractivity contribution in [1.29, 1.82) is 0 Å². The summed E-state index contributed by atoms with van der Waals surface area (Å²) in [5.74, 6) is 0.660. The van der Waals surface area contributed by atoms with Gasteiger partial charge in [-0.15, -0.1) is 0 Å². The summed E-state index contributed by atoms with van der Waals surface area (Å²) in [5, 5.41) is 6.10.